The predicted octanol–water partition coefficient (Wildman–Crippen LogP) is 12.9. The van der Waals surface area contributed by atoms with Crippen LogP contribution in [0.3, 0.4) is 0 Å². The quantitative estimate of drug-likeness (QED) is 0.128. The van der Waals surface area contributed by atoms with Gasteiger partial charge in [0.2, 0.25) is 0 Å². The number of hydrogen-bond donors (Lipinski definition) is 0. The third-order valence-corrected chi connectivity index (χ3v) is 17.1. The van der Waals surface area contributed by atoms with Crippen molar-refractivity contribution < 1.29 is 0 Å². The van der Waals surface area contributed by atoms with E-state index in [2.05, 4.69) is 127 Å². The van der Waals surface area contributed by atoms with Crippen LogP contribution in [-0.4, -0.2) is 0 Å². The van der Waals surface area contributed by atoms with Gasteiger partial charge >= 0.3 is 0 Å². The standard InChI is InChI=1S/C36H44S5/c1-9-33(5,25-15-13-23-37-25)27-17-19-29(39-27)35(7,11-3)31-21-22-32(41-31)36(8,12-4)30-20-18-28(40-30)34(6,10-2)26-16-14-24-38-26/h13-24H,9-12H2,1-8H3. The molecule has 0 fully saturated rings. The minimum absolute atomic E-state index is 0.0190. The molecule has 0 aliphatic carbocycles. The average molecular weight is 637 g/mol. The molecule has 0 aliphatic rings. The molecular formula is C36H44S5. The van der Waals surface area contributed by atoms with Crippen LogP contribution in [0.4, 0.5) is 0 Å². The largest absolute Gasteiger partial charge is 0.148 e. The van der Waals surface area contributed by atoms with Crippen molar-refractivity contribution in [1.29, 1.82) is 0 Å². The molecule has 218 valence electrons. The van der Waals surface area contributed by atoms with Crippen molar-refractivity contribution in [2.45, 2.75) is 103 Å². The first-order valence-electron chi connectivity index (χ1n) is 15.0. The number of hydrogen-bond acceptors (Lipinski definition) is 5. The molecule has 5 aromatic rings. The van der Waals surface area contributed by atoms with Crippen LogP contribution < -0.4 is 0 Å². The molecule has 0 nitrogen and oxygen atoms in total. The van der Waals surface area contributed by atoms with Crippen LogP contribution in [-0.2, 0) is 21.7 Å². The van der Waals surface area contributed by atoms with Gasteiger partial charge in [-0.15, -0.1) is 56.7 Å². The highest BCUT2D eigenvalue weighted by molar-refractivity contribution is 7.15. The Labute approximate surface area is 268 Å². The van der Waals surface area contributed by atoms with Crippen LogP contribution in [0.25, 0.3) is 0 Å². The van der Waals surface area contributed by atoms with Gasteiger partial charge in [-0.1, -0.05) is 39.8 Å². The zero-order chi connectivity index (χ0) is 29.5. The summed E-state index contributed by atoms with van der Waals surface area (Å²) in [7, 11) is 0. The Hall–Kier alpha value is -1.50. The minimum Gasteiger partial charge on any atom is -0.148 e. The smallest absolute Gasteiger partial charge is 0.0359 e. The fourth-order valence-electron chi connectivity index (χ4n) is 5.86. The van der Waals surface area contributed by atoms with Gasteiger partial charge in [-0.25, -0.2) is 0 Å². The summed E-state index contributed by atoms with van der Waals surface area (Å²) in [5.41, 5.74) is 0.205. The van der Waals surface area contributed by atoms with Crippen molar-refractivity contribution in [2.75, 3.05) is 0 Å². The van der Waals surface area contributed by atoms with Gasteiger partial charge in [-0.05, 0) is 113 Å². The van der Waals surface area contributed by atoms with E-state index in [9.17, 15) is 0 Å². The van der Waals surface area contributed by atoms with E-state index in [0.29, 0.717) is 0 Å². The van der Waals surface area contributed by atoms with Crippen molar-refractivity contribution in [3.8, 4) is 0 Å². The zero-order valence-electron chi connectivity index (χ0n) is 25.8. The van der Waals surface area contributed by atoms with Crippen LogP contribution >= 0.6 is 56.7 Å². The Morgan fingerprint density at radius 1 is 0.390 bits per heavy atom. The lowest BCUT2D eigenvalue weighted by Gasteiger charge is -2.29. The van der Waals surface area contributed by atoms with E-state index in [-0.39, 0.29) is 21.7 Å². The lowest BCUT2D eigenvalue weighted by Crippen LogP contribution is -2.21. The second-order valence-electron chi connectivity index (χ2n) is 12.2. The second-order valence-corrected chi connectivity index (χ2v) is 17.3. The molecule has 41 heavy (non-hydrogen) atoms. The van der Waals surface area contributed by atoms with Crippen LogP contribution in [0.1, 0.15) is 120 Å². The van der Waals surface area contributed by atoms with Crippen molar-refractivity contribution in [2.24, 2.45) is 0 Å². The van der Waals surface area contributed by atoms with E-state index < -0.39 is 0 Å². The lowest BCUT2D eigenvalue weighted by atomic mass is 9.82. The monoisotopic (exact) mass is 636 g/mol. The maximum absolute atomic E-state index is 2.47. The highest BCUT2D eigenvalue weighted by Crippen LogP contribution is 2.51. The third-order valence-electron chi connectivity index (χ3n) is 10.0. The normalized spacial score (nSPS) is 18.0. The number of thiophene rings is 5. The molecule has 0 bridgehead atoms. The molecule has 0 radical (unpaired) electrons. The Kier molecular flexibility index (Phi) is 8.97. The maximum atomic E-state index is 2.47. The summed E-state index contributed by atoms with van der Waals surface area (Å²) < 4.78 is 0. The summed E-state index contributed by atoms with van der Waals surface area (Å²) in [4.78, 5) is 11.9. The van der Waals surface area contributed by atoms with Gasteiger partial charge in [0.25, 0.3) is 0 Å². The summed E-state index contributed by atoms with van der Waals surface area (Å²) in [5, 5.41) is 4.43. The van der Waals surface area contributed by atoms with Gasteiger partial charge in [0.15, 0.2) is 0 Å². The SMILES string of the molecule is CCC(C)(c1cccs1)c1ccc(C(C)(CC)c2ccc(C(C)(CC)c3ccc(C(C)(CC)c4cccs4)s3)s2)s1. The van der Waals surface area contributed by atoms with E-state index in [0.717, 1.165) is 25.7 Å². The van der Waals surface area contributed by atoms with Crippen LogP contribution in [0.2, 0.25) is 0 Å². The van der Waals surface area contributed by atoms with Gasteiger partial charge in [0.05, 0.1) is 0 Å². The fourth-order valence-corrected chi connectivity index (χ4v) is 12.5. The van der Waals surface area contributed by atoms with Crippen LogP contribution in [0, 0.1) is 0 Å². The lowest BCUT2D eigenvalue weighted by molar-refractivity contribution is 0.569. The third kappa shape index (κ3) is 5.18. The van der Waals surface area contributed by atoms with E-state index in [4.69, 9.17) is 0 Å². The molecule has 0 aromatic carbocycles. The second kappa shape index (κ2) is 11.9. The van der Waals surface area contributed by atoms with E-state index in [1.54, 1.807) is 0 Å². The summed E-state index contributed by atoms with van der Waals surface area (Å²) in [6.45, 7) is 19.1. The Morgan fingerprint density at radius 3 is 0.829 bits per heavy atom. The van der Waals surface area contributed by atoms with E-state index in [1.165, 1.54) is 39.0 Å². The van der Waals surface area contributed by atoms with Gasteiger partial charge < -0.3 is 0 Å². The average Bonchev–Trinajstić information content (AvgIpc) is 3.84. The Bertz CT molecular complexity index is 1430. The van der Waals surface area contributed by atoms with Crippen molar-refractivity contribution >= 4 is 56.7 Å². The van der Waals surface area contributed by atoms with Crippen molar-refractivity contribution in [3.05, 3.63) is 110 Å². The summed E-state index contributed by atoms with van der Waals surface area (Å²) in [5.74, 6) is 0. The van der Waals surface area contributed by atoms with Gasteiger partial charge in [-0.2, -0.15) is 0 Å². The molecule has 5 heterocycles. The van der Waals surface area contributed by atoms with Gasteiger partial charge in [0, 0.05) is 60.7 Å². The summed E-state index contributed by atoms with van der Waals surface area (Å²) >= 11 is 9.88. The van der Waals surface area contributed by atoms with Crippen molar-refractivity contribution in [3.63, 3.8) is 0 Å². The molecule has 0 saturated carbocycles. The van der Waals surface area contributed by atoms with Crippen LogP contribution in [0.15, 0.2) is 71.4 Å². The highest BCUT2D eigenvalue weighted by Gasteiger charge is 2.38. The first kappa shape index (κ1) is 30.9. The van der Waals surface area contributed by atoms with E-state index >= 15 is 0 Å². The molecule has 4 atom stereocenters. The zero-order valence-corrected chi connectivity index (χ0v) is 29.9. The van der Waals surface area contributed by atoms with E-state index in [1.807, 2.05) is 56.7 Å². The molecule has 0 aliphatic heterocycles. The molecule has 0 saturated heterocycles. The van der Waals surface area contributed by atoms with Crippen molar-refractivity contribution in [1.82, 2.24) is 0 Å². The Morgan fingerprint density at radius 2 is 0.634 bits per heavy atom. The molecule has 0 amide bonds. The molecule has 5 rings (SSSR count). The fraction of sp³-hybridized carbons (Fsp3) is 0.444. The maximum Gasteiger partial charge on any atom is 0.0359 e. The molecular weight excluding hydrogens is 593 g/mol. The summed E-state index contributed by atoms with van der Waals surface area (Å²) in [6.07, 6.45) is 4.41. The summed E-state index contributed by atoms with van der Waals surface area (Å²) in [6, 6.07) is 23.5. The molecule has 4 unspecified atom stereocenters. The first-order valence-corrected chi connectivity index (χ1v) is 19.2. The van der Waals surface area contributed by atoms with Gasteiger partial charge in [0.1, 0.15) is 0 Å². The first-order chi connectivity index (χ1) is 19.6. The molecule has 5 aromatic heterocycles. The number of rotatable bonds is 12. The predicted molar refractivity (Wildman–Crippen MR) is 189 cm³/mol. The minimum atomic E-state index is 0.0190. The molecule has 0 spiro atoms. The topological polar surface area (TPSA) is 0 Å². The highest BCUT2D eigenvalue weighted by atomic mass is 32.1. The van der Waals surface area contributed by atoms with Crippen LogP contribution in [0.5, 0.6) is 0 Å². The molecule has 5 heteroatoms. The molecule has 0 N–H and O–H groups in total. The van der Waals surface area contributed by atoms with Gasteiger partial charge in [-0.3, -0.25) is 0 Å². The Balaban J connectivity index is 1.48.